The zero-order valence-corrected chi connectivity index (χ0v) is 24.6. The zero-order valence-electron chi connectivity index (χ0n) is 24.6. The smallest absolute Gasteiger partial charge is 0.139 e. The fourth-order valence-corrected chi connectivity index (χ4v) is 3.58. The van der Waals surface area contributed by atoms with E-state index in [9.17, 15) is 4.39 Å². The number of nitrogens with zero attached hydrogens (tertiary/aromatic N) is 2. The first-order valence-electron chi connectivity index (χ1n) is 13.6. The molecule has 0 saturated carbocycles. The van der Waals surface area contributed by atoms with Crippen LogP contribution in [0.25, 0.3) is 22.4 Å². The SMILES string of the molecule is C#C/C=C(\C=C/COCC(C)(C)COC(C)(C)CN)c1nc(-c2ccncc2)c(C2=CCC=C(F)C=C2)[nH]1.CC. The Morgan fingerprint density at radius 2 is 1.88 bits per heavy atom. The van der Waals surface area contributed by atoms with Gasteiger partial charge in [0.1, 0.15) is 11.7 Å². The number of hydrogen-bond donors (Lipinski definition) is 2. The minimum absolute atomic E-state index is 0.165. The standard InChI is InChI=1S/C31H37FN4O2.C2H6/c1-6-9-25(11-8-19-37-21-30(2,3)22-38-31(4,5)20-33)29-35-27(23-10-7-12-26(32)14-13-23)28(36-29)24-15-17-34-18-16-24;1-2/h1,8-18H,7,19-22,33H2,2-5H3,(H,35,36);1-2H3/b11-8-,25-9+;. The molecule has 1 aliphatic carbocycles. The maximum atomic E-state index is 13.8. The quantitative estimate of drug-likeness (QED) is 0.169. The van der Waals surface area contributed by atoms with E-state index >= 15 is 0 Å². The van der Waals surface area contributed by atoms with E-state index in [1.54, 1.807) is 24.5 Å². The molecular weight excluding hydrogens is 503 g/mol. The highest BCUT2D eigenvalue weighted by Crippen LogP contribution is 2.31. The van der Waals surface area contributed by atoms with E-state index in [4.69, 9.17) is 26.6 Å². The van der Waals surface area contributed by atoms with Crippen LogP contribution in [0.2, 0.25) is 0 Å². The number of allylic oxidation sites excluding steroid dienone is 9. The maximum Gasteiger partial charge on any atom is 0.139 e. The number of halogens is 1. The molecule has 214 valence electrons. The van der Waals surface area contributed by atoms with Crippen LogP contribution in [0.3, 0.4) is 0 Å². The van der Waals surface area contributed by atoms with Crippen molar-refractivity contribution in [3.63, 3.8) is 0 Å². The molecule has 2 aromatic rings. The van der Waals surface area contributed by atoms with Gasteiger partial charge in [-0.05, 0) is 56.2 Å². The Kier molecular flexibility index (Phi) is 13.0. The van der Waals surface area contributed by atoms with Gasteiger partial charge in [-0.1, -0.05) is 57.9 Å². The van der Waals surface area contributed by atoms with Crippen molar-refractivity contribution in [2.24, 2.45) is 11.1 Å². The van der Waals surface area contributed by atoms with Gasteiger partial charge in [0.25, 0.3) is 0 Å². The lowest BCUT2D eigenvalue weighted by Gasteiger charge is -2.30. The van der Waals surface area contributed by atoms with Crippen LogP contribution in [0.4, 0.5) is 4.39 Å². The number of rotatable bonds is 12. The number of pyridine rings is 1. The second-order valence-electron chi connectivity index (χ2n) is 10.5. The number of H-pyrrole nitrogens is 1. The molecule has 7 heteroatoms. The molecule has 0 bridgehead atoms. The fraction of sp³-hybridized carbons (Fsp3) is 0.394. The van der Waals surface area contributed by atoms with Gasteiger partial charge in [0, 0.05) is 35.5 Å². The molecule has 0 saturated heterocycles. The van der Waals surface area contributed by atoms with Gasteiger partial charge in [-0.3, -0.25) is 4.98 Å². The average Bonchev–Trinajstić information content (AvgIpc) is 3.28. The Labute approximate surface area is 239 Å². The highest BCUT2D eigenvalue weighted by atomic mass is 19.1. The summed E-state index contributed by atoms with van der Waals surface area (Å²) in [6, 6.07) is 3.77. The van der Waals surface area contributed by atoms with Gasteiger partial charge in [-0.25, -0.2) is 9.37 Å². The van der Waals surface area contributed by atoms with Crippen molar-refractivity contribution in [2.45, 2.75) is 53.6 Å². The summed E-state index contributed by atoms with van der Waals surface area (Å²) in [6.45, 7) is 14.1. The third-order valence-corrected chi connectivity index (χ3v) is 5.88. The summed E-state index contributed by atoms with van der Waals surface area (Å²) in [4.78, 5) is 12.4. The minimum Gasteiger partial charge on any atom is -0.377 e. The number of imidazole rings is 1. The number of hydrogen-bond acceptors (Lipinski definition) is 5. The van der Waals surface area contributed by atoms with Gasteiger partial charge in [0.15, 0.2) is 0 Å². The van der Waals surface area contributed by atoms with Gasteiger partial charge in [-0.2, -0.15) is 0 Å². The van der Waals surface area contributed by atoms with Crippen molar-refractivity contribution in [1.29, 1.82) is 0 Å². The van der Waals surface area contributed by atoms with Gasteiger partial charge in [0.2, 0.25) is 0 Å². The minimum atomic E-state index is -0.365. The second-order valence-corrected chi connectivity index (χ2v) is 10.5. The van der Waals surface area contributed by atoms with Crippen LogP contribution in [-0.4, -0.2) is 46.9 Å². The van der Waals surface area contributed by atoms with Crippen molar-refractivity contribution in [3.05, 3.63) is 84.4 Å². The van der Waals surface area contributed by atoms with E-state index in [1.165, 1.54) is 12.2 Å². The molecule has 0 spiro atoms. The van der Waals surface area contributed by atoms with Crippen molar-refractivity contribution < 1.29 is 13.9 Å². The number of aromatic nitrogens is 3. The van der Waals surface area contributed by atoms with Crippen molar-refractivity contribution in [2.75, 3.05) is 26.4 Å². The van der Waals surface area contributed by atoms with E-state index in [-0.39, 0.29) is 16.8 Å². The monoisotopic (exact) mass is 546 g/mol. The molecule has 2 aromatic heterocycles. The summed E-state index contributed by atoms with van der Waals surface area (Å²) in [5, 5.41) is 0. The average molecular weight is 547 g/mol. The lowest BCUT2D eigenvalue weighted by atomic mass is 9.96. The fourth-order valence-electron chi connectivity index (χ4n) is 3.58. The van der Waals surface area contributed by atoms with Gasteiger partial charge in [0.05, 0.1) is 36.8 Å². The lowest BCUT2D eigenvalue weighted by Crippen LogP contribution is -2.38. The Balaban J connectivity index is 0.00000274. The Hall–Kier alpha value is -3.57. The van der Waals surface area contributed by atoms with Crippen molar-refractivity contribution in [3.8, 4) is 23.6 Å². The molecule has 0 radical (unpaired) electrons. The molecule has 2 heterocycles. The van der Waals surface area contributed by atoms with Crippen LogP contribution in [0.15, 0.2) is 72.9 Å². The number of terminal acetylenes is 1. The Morgan fingerprint density at radius 3 is 2.55 bits per heavy atom. The van der Waals surface area contributed by atoms with Gasteiger partial charge >= 0.3 is 0 Å². The molecule has 6 nitrogen and oxygen atoms in total. The van der Waals surface area contributed by atoms with Crippen molar-refractivity contribution in [1.82, 2.24) is 15.0 Å². The maximum absolute atomic E-state index is 13.8. The number of nitrogens with one attached hydrogen (secondary N) is 1. The van der Waals surface area contributed by atoms with Gasteiger partial charge in [-0.15, -0.1) is 6.42 Å². The van der Waals surface area contributed by atoms with Crippen LogP contribution < -0.4 is 5.73 Å². The molecule has 0 aliphatic heterocycles. The topological polar surface area (TPSA) is 86.1 Å². The molecule has 40 heavy (non-hydrogen) atoms. The molecule has 3 N–H and O–H groups in total. The highest BCUT2D eigenvalue weighted by Gasteiger charge is 2.24. The Bertz CT molecular complexity index is 1280. The van der Waals surface area contributed by atoms with Crippen LogP contribution in [0.1, 0.15) is 59.5 Å². The molecule has 0 aromatic carbocycles. The number of nitrogens with two attached hydrogens (primary N) is 1. The largest absolute Gasteiger partial charge is 0.377 e. The normalized spacial score (nSPS) is 14.2. The molecule has 0 unspecified atom stereocenters. The first-order chi connectivity index (χ1) is 19.1. The lowest BCUT2D eigenvalue weighted by molar-refractivity contribution is -0.0685. The summed E-state index contributed by atoms with van der Waals surface area (Å²) >= 11 is 0. The van der Waals surface area contributed by atoms with Gasteiger partial charge < -0.3 is 20.2 Å². The van der Waals surface area contributed by atoms with Crippen LogP contribution >= 0.6 is 0 Å². The first-order valence-corrected chi connectivity index (χ1v) is 13.6. The molecule has 1 aliphatic rings. The van der Waals surface area contributed by atoms with E-state index in [1.807, 2.05) is 58.1 Å². The van der Waals surface area contributed by atoms with E-state index in [0.29, 0.717) is 38.6 Å². The summed E-state index contributed by atoms with van der Waals surface area (Å²) in [5.41, 5.74) is 9.19. The predicted molar refractivity (Wildman–Crippen MR) is 164 cm³/mol. The molecule has 0 fully saturated rings. The van der Waals surface area contributed by atoms with Crippen LogP contribution in [0.5, 0.6) is 0 Å². The summed E-state index contributed by atoms with van der Waals surface area (Å²) in [6.07, 6.45) is 21.7. The number of aromatic amines is 1. The van der Waals surface area contributed by atoms with Crippen molar-refractivity contribution >= 4 is 11.1 Å². The molecule has 3 rings (SSSR count). The van der Waals surface area contributed by atoms with Crippen LogP contribution in [-0.2, 0) is 9.47 Å². The van der Waals surface area contributed by atoms with E-state index in [2.05, 4.69) is 29.7 Å². The van der Waals surface area contributed by atoms with E-state index < -0.39 is 0 Å². The number of ether oxygens (including phenoxy) is 2. The predicted octanol–water partition coefficient (Wildman–Crippen LogP) is 7.06. The van der Waals surface area contributed by atoms with Crippen LogP contribution in [0, 0.1) is 17.8 Å². The second kappa shape index (κ2) is 15.9. The highest BCUT2D eigenvalue weighted by molar-refractivity contribution is 5.85. The molecule has 0 atom stereocenters. The summed E-state index contributed by atoms with van der Waals surface area (Å²) in [5.74, 6) is 2.93. The molecular formula is C33H43FN4O2. The third-order valence-electron chi connectivity index (χ3n) is 5.88. The Morgan fingerprint density at radius 1 is 1.15 bits per heavy atom. The summed E-state index contributed by atoms with van der Waals surface area (Å²) < 4.78 is 25.7. The van der Waals surface area contributed by atoms with E-state index in [0.717, 1.165) is 28.1 Å². The summed E-state index contributed by atoms with van der Waals surface area (Å²) in [7, 11) is 0. The molecule has 0 amide bonds. The zero-order chi connectivity index (χ0) is 29.6. The first kappa shape index (κ1) is 32.6. The third kappa shape index (κ3) is 10.2.